The van der Waals surface area contributed by atoms with Gasteiger partial charge in [0.2, 0.25) is 0 Å². The SMILES string of the molecule is CCSc1ccc(C(C)(C)CNCC(=O)O)cc1. The molecule has 0 radical (unpaired) electrons. The van der Waals surface area contributed by atoms with Gasteiger partial charge in [-0.1, -0.05) is 32.9 Å². The van der Waals surface area contributed by atoms with Crippen LogP contribution in [-0.4, -0.2) is 29.9 Å². The largest absolute Gasteiger partial charge is 0.480 e. The van der Waals surface area contributed by atoms with Crippen LogP contribution in [0.4, 0.5) is 0 Å². The van der Waals surface area contributed by atoms with Crippen molar-refractivity contribution in [2.45, 2.75) is 31.1 Å². The normalized spacial score (nSPS) is 11.5. The lowest BCUT2D eigenvalue weighted by Gasteiger charge is -2.25. The van der Waals surface area contributed by atoms with E-state index < -0.39 is 5.97 Å². The van der Waals surface area contributed by atoms with Crippen LogP contribution < -0.4 is 5.32 Å². The summed E-state index contributed by atoms with van der Waals surface area (Å²) < 4.78 is 0. The topological polar surface area (TPSA) is 49.3 Å². The van der Waals surface area contributed by atoms with E-state index in [-0.39, 0.29) is 12.0 Å². The molecular formula is C14H21NO2S. The van der Waals surface area contributed by atoms with Crippen LogP contribution in [0, 0.1) is 0 Å². The number of hydrogen-bond acceptors (Lipinski definition) is 3. The lowest BCUT2D eigenvalue weighted by Crippen LogP contribution is -2.35. The first-order chi connectivity index (χ1) is 8.45. The van der Waals surface area contributed by atoms with Gasteiger partial charge in [0.05, 0.1) is 6.54 Å². The molecule has 3 nitrogen and oxygen atoms in total. The molecule has 0 atom stereocenters. The van der Waals surface area contributed by atoms with Crippen molar-refractivity contribution < 1.29 is 9.90 Å². The fraction of sp³-hybridized carbons (Fsp3) is 0.500. The van der Waals surface area contributed by atoms with Crippen molar-refractivity contribution in [3.05, 3.63) is 29.8 Å². The van der Waals surface area contributed by atoms with E-state index in [1.807, 2.05) is 11.8 Å². The van der Waals surface area contributed by atoms with Gasteiger partial charge in [0.25, 0.3) is 0 Å². The molecule has 0 aromatic heterocycles. The third kappa shape index (κ3) is 4.70. The van der Waals surface area contributed by atoms with E-state index in [0.29, 0.717) is 6.54 Å². The van der Waals surface area contributed by atoms with E-state index in [1.54, 1.807) is 0 Å². The first-order valence-corrected chi connectivity index (χ1v) is 7.10. The van der Waals surface area contributed by atoms with Gasteiger partial charge in [0.15, 0.2) is 0 Å². The summed E-state index contributed by atoms with van der Waals surface area (Å²) in [4.78, 5) is 11.7. The maximum absolute atomic E-state index is 10.5. The molecule has 0 heterocycles. The highest BCUT2D eigenvalue weighted by Crippen LogP contribution is 2.25. The number of carboxylic acid groups (broad SMARTS) is 1. The number of nitrogens with one attached hydrogen (secondary N) is 1. The zero-order valence-electron chi connectivity index (χ0n) is 11.2. The van der Waals surface area contributed by atoms with Crippen LogP contribution in [0.3, 0.4) is 0 Å². The fourth-order valence-electron chi connectivity index (χ4n) is 1.75. The average molecular weight is 267 g/mol. The Bertz CT molecular complexity index is 387. The molecule has 0 saturated carbocycles. The van der Waals surface area contributed by atoms with Gasteiger partial charge >= 0.3 is 5.97 Å². The summed E-state index contributed by atoms with van der Waals surface area (Å²) in [6, 6.07) is 8.51. The average Bonchev–Trinajstić information content (AvgIpc) is 2.29. The fourth-order valence-corrected chi connectivity index (χ4v) is 2.41. The molecule has 0 amide bonds. The van der Waals surface area contributed by atoms with Gasteiger partial charge in [-0.3, -0.25) is 4.79 Å². The number of thioether (sulfide) groups is 1. The summed E-state index contributed by atoms with van der Waals surface area (Å²) in [6.07, 6.45) is 0. The summed E-state index contributed by atoms with van der Waals surface area (Å²) >= 11 is 1.82. The molecule has 18 heavy (non-hydrogen) atoms. The van der Waals surface area contributed by atoms with Crippen LogP contribution in [-0.2, 0) is 10.2 Å². The Balaban J connectivity index is 2.63. The molecule has 0 saturated heterocycles. The Labute approximate surface area is 113 Å². The van der Waals surface area contributed by atoms with Gasteiger partial charge < -0.3 is 10.4 Å². The number of carbonyl (C=O) groups is 1. The zero-order valence-corrected chi connectivity index (χ0v) is 12.0. The number of benzene rings is 1. The van der Waals surface area contributed by atoms with Crippen LogP contribution in [0.5, 0.6) is 0 Å². The van der Waals surface area contributed by atoms with Crippen LogP contribution in [0.15, 0.2) is 29.2 Å². The van der Waals surface area contributed by atoms with E-state index in [0.717, 1.165) is 5.75 Å². The van der Waals surface area contributed by atoms with Crippen LogP contribution in [0.2, 0.25) is 0 Å². The minimum absolute atomic E-state index is 0.00714. The third-order valence-electron chi connectivity index (χ3n) is 2.79. The highest BCUT2D eigenvalue weighted by molar-refractivity contribution is 7.99. The highest BCUT2D eigenvalue weighted by atomic mass is 32.2. The first kappa shape index (κ1) is 15.1. The Morgan fingerprint density at radius 1 is 1.33 bits per heavy atom. The maximum Gasteiger partial charge on any atom is 0.317 e. The molecular weight excluding hydrogens is 246 g/mol. The van der Waals surface area contributed by atoms with Crippen LogP contribution in [0.1, 0.15) is 26.3 Å². The molecule has 0 aliphatic rings. The number of rotatable bonds is 7. The monoisotopic (exact) mass is 267 g/mol. The zero-order chi connectivity index (χ0) is 13.6. The summed E-state index contributed by atoms with van der Waals surface area (Å²) in [5.41, 5.74) is 1.16. The van der Waals surface area contributed by atoms with Gasteiger partial charge in [0.1, 0.15) is 0 Å². The number of carboxylic acids is 1. The van der Waals surface area contributed by atoms with E-state index in [1.165, 1.54) is 10.5 Å². The summed E-state index contributed by atoms with van der Waals surface area (Å²) in [7, 11) is 0. The standard InChI is InChI=1S/C14H21NO2S/c1-4-18-12-7-5-11(6-8-12)14(2,3)10-15-9-13(16)17/h5-8,15H,4,9-10H2,1-3H3,(H,16,17). The predicted octanol–water partition coefficient (Wildman–Crippen LogP) is 2.75. The second kappa shape index (κ2) is 6.81. The molecule has 4 heteroatoms. The van der Waals surface area contributed by atoms with E-state index >= 15 is 0 Å². The Hall–Kier alpha value is -1.00. The van der Waals surface area contributed by atoms with Crippen molar-refractivity contribution in [1.82, 2.24) is 5.32 Å². The van der Waals surface area contributed by atoms with Gasteiger partial charge in [-0.2, -0.15) is 0 Å². The summed E-state index contributed by atoms with van der Waals surface area (Å²) in [5, 5.41) is 11.6. The smallest absolute Gasteiger partial charge is 0.317 e. The number of hydrogen-bond donors (Lipinski definition) is 2. The van der Waals surface area contributed by atoms with Crippen molar-refractivity contribution in [1.29, 1.82) is 0 Å². The molecule has 0 aliphatic heterocycles. The molecule has 1 rings (SSSR count). The quantitative estimate of drug-likeness (QED) is 0.746. The Morgan fingerprint density at radius 2 is 1.94 bits per heavy atom. The highest BCUT2D eigenvalue weighted by Gasteiger charge is 2.20. The summed E-state index contributed by atoms with van der Waals surface area (Å²) in [5.74, 6) is 0.253. The van der Waals surface area contributed by atoms with Crippen LogP contribution >= 0.6 is 11.8 Å². The van der Waals surface area contributed by atoms with Crippen molar-refractivity contribution >= 4 is 17.7 Å². The molecule has 0 bridgehead atoms. The second-order valence-corrected chi connectivity index (χ2v) is 6.18. The minimum Gasteiger partial charge on any atom is -0.480 e. The maximum atomic E-state index is 10.5. The first-order valence-electron chi connectivity index (χ1n) is 6.11. The Morgan fingerprint density at radius 3 is 2.44 bits per heavy atom. The van der Waals surface area contributed by atoms with E-state index in [2.05, 4.69) is 50.4 Å². The van der Waals surface area contributed by atoms with Crippen molar-refractivity contribution in [3.63, 3.8) is 0 Å². The lowest BCUT2D eigenvalue weighted by molar-refractivity contribution is -0.136. The van der Waals surface area contributed by atoms with Gasteiger partial charge in [-0.25, -0.2) is 0 Å². The Kier molecular flexibility index (Phi) is 5.69. The molecule has 1 aromatic carbocycles. The van der Waals surface area contributed by atoms with Crippen molar-refractivity contribution in [3.8, 4) is 0 Å². The lowest BCUT2D eigenvalue weighted by atomic mass is 9.84. The molecule has 0 unspecified atom stereocenters. The minimum atomic E-state index is -0.819. The van der Waals surface area contributed by atoms with Gasteiger partial charge in [0, 0.05) is 16.9 Å². The van der Waals surface area contributed by atoms with Crippen molar-refractivity contribution in [2.24, 2.45) is 0 Å². The molecule has 2 N–H and O–H groups in total. The van der Waals surface area contributed by atoms with E-state index in [9.17, 15) is 4.79 Å². The molecule has 0 aliphatic carbocycles. The third-order valence-corrected chi connectivity index (χ3v) is 3.68. The van der Waals surface area contributed by atoms with E-state index in [4.69, 9.17) is 5.11 Å². The predicted molar refractivity (Wildman–Crippen MR) is 76.4 cm³/mol. The molecule has 0 fully saturated rings. The molecule has 1 aromatic rings. The van der Waals surface area contributed by atoms with Crippen molar-refractivity contribution in [2.75, 3.05) is 18.8 Å². The molecule has 0 spiro atoms. The number of aliphatic carboxylic acids is 1. The molecule has 100 valence electrons. The second-order valence-electron chi connectivity index (χ2n) is 4.84. The summed E-state index contributed by atoms with van der Waals surface area (Å²) in [6.45, 7) is 7.03. The van der Waals surface area contributed by atoms with Gasteiger partial charge in [-0.15, -0.1) is 11.8 Å². The van der Waals surface area contributed by atoms with Gasteiger partial charge in [-0.05, 0) is 23.4 Å². The van der Waals surface area contributed by atoms with Crippen LogP contribution in [0.25, 0.3) is 0 Å².